The fourth-order valence-corrected chi connectivity index (χ4v) is 4.12. The lowest BCUT2D eigenvalue weighted by molar-refractivity contribution is 0.0874. The second-order valence-electron chi connectivity index (χ2n) is 8.43. The molecule has 2 heterocycles. The van der Waals surface area contributed by atoms with Gasteiger partial charge in [-0.25, -0.2) is 0 Å². The largest absolute Gasteiger partial charge is 0.493 e. The minimum absolute atomic E-state index is 0.0895. The molecule has 7 heteroatoms. The van der Waals surface area contributed by atoms with Crippen LogP contribution in [0.1, 0.15) is 35.5 Å². The van der Waals surface area contributed by atoms with E-state index in [0.29, 0.717) is 11.8 Å². The smallest absolute Gasteiger partial charge is 0.247 e. The molecule has 7 nitrogen and oxygen atoms in total. The fraction of sp³-hybridized carbons (Fsp3) is 0.440. The van der Waals surface area contributed by atoms with Crippen molar-refractivity contribution < 1.29 is 13.9 Å². The first-order valence-electron chi connectivity index (χ1n) is 11.1. The summed E-state index contributed by atoms with van der Waals surface area (Å²) in [6.45, 7) is 11.1. The molecule has 170 valence electrons. The molecular formula is C25H32N4O3. The van der Waals surface area contributed by atoms with Gasteiger partial charge in [0.15, 0.2) is 11.5 Å². The van der Waals surface area contributed by atoms with Crippen molar-refractivity contribution in [2.75, 3.05) is 40.4 Å². The Balaban J connectivity index is 1.36. The number of piperazine rings is 1. The van der Waals surface area contributed by atoms with Gasteiger partial charge in [-0.1, -0.05) is 17.7 Å². The van der Waals surface area contributed by atoms with Crippen molar-refractivity contribution in [2.45, 2.75) is 33.4 Å². The maximum atomic E-state index is 6.01. The second-order valence-corrected chi connectivity index (χ2v) is 8.43. The molecule has 0 aliphatic carbocycles. The predicted octanol–water partition coefficient (Wildman–Crippen LogP) is 4.25. The van der Waals surface area contributed by atoms with Crippen molar-refractivity contribution in [2.24, 2.45) is 0 Å². The van der Waals surface area contributed by atoms with Gasteiger partial charge in [-0.2, -0.15) is 0 Å². The summed E-state index contributed by atoms with van der Waals surface area (Å²) in [4.78, 5) is 4.88. The highest BCUT2D eigenvalue weighted by atomic mass is 16.5. The average Bonchev–Trinajstić information content (AvgIpc) is 3.31. The van der Waals surface area contributed by atoms with E-state index < -0.39 is 0 Å². The maximum absolute atomic E-state index is 6.01. The highest BCUT2D eigenvalue weighted by Crippen LogP contribution is 2.31. The Hall–Kier alpha value is -2.90. The molecule has 3 aromatic rings. The second kappa shape index (κ2) is 9.71. The van der Waals surface area contributed by atoms with Crippen LogP contribution in [-0.2, 0) is 6.54 Å². The van der Waals surface area contributed by atoms with Crippen LogP contribution in [0, 0.1) is 13.8 Å². The lowest BCUT2D eigenvalue weighted by Gasteiger charge is -2.37. The standard InChI is InChI=1S/C25H32N4O3/c1-17-6-8-20(9-7-17)25-27-26-24(32-25)19(3)29-12-10-28(11-13-29)16-21-15-23(31-5)22(30-4)14-18(21)2/h6-9,14-15,19H,10-13,16H2,1-5H3/t19-/m1/s1. The molecule has 0 saturated carbocycles. The summed E-state index contributed by atoms with van der Waals surface area (Å²) in [5, 5.41) is 8.59. The zero-order valence-corrected chi connectivity index (χ0v) is 19.6. The molecule has 0 amide bonds. The van der Waals surface area contributed by atoms with Gasteiger partial charge in [-0.3, -0.25) is 9.80 Å². The quantitative estimate of drug-likeness (QED) is 0.549. The number of rotatable bonds is 7. The molecule has 1 fully saturated rings. The molecule has 0 N–H and O–H groups in total. The zero-order chi connectivity index (χ0) is 22.7. The maximum Gasteiger partial charge on any atom is 0.247 e. The number of aryl methyl sites for hydroxylation is 2. The van der Waals surface area contributed by atoms with Gasteiger partial charge >= 0.3 is 0 Å². The highest BCUT2D eigenvalue weighted by molar-refractivity contribution is 5.52. The minimum Gasteiger partial charge on any atom is -0.493 e. The molecule has 1 aromatic heterocycles. The summed E-state index contributed by atoms with van der Waals surface area (Å²) in [6, 6.07) is 12.4. The van der Waals surface area contributed by atoms with Crippen molar-refractivity contribution in [1.29, 1.82) is 0 Å². The predicted molar refractivity (Wildman–Crippen MR) is 124 cm³/mol. The first-order valence-corrected chi connectivity index (χ1v) is 11.1. The van der Waals surface area contributed by atoms with Crippen LogP contribution in [0.4, 0.5) is 0 Å². The normalized spacial score (nSPS) is 16.2. The third-order valence-electron chi connectivity index (χ3n) is 6.29. The van der Waals surface area contributed by atoms with Crippen LogP contribution in [0.3, 0.4) is 0 Å². The molecule has 32 heavy (non-hydrogen) atoms. The molecule has 1 aliphatic rings. The van der Waals surface area contributed by atoms with Gasteiger partial charge in [0.05, 0.1) is 20.3 Å². The molecule has 1 atom stereocenters. The minimum atomic E-state index is 0.0895. The van der Waals surface area contributed by atoms with E-state index in [1.807, 2.05) is 18.2 Å². The van der Waals surface area contributed by atoms with Gasteiger partial charge in [-0.05, 0) is 56.2 Å². The van der Waals surface area contributed by atoms with E-state index in [4.69, 9.17) is 13.9 Å². The number of nitrogens with zero attached hydrogens (tertiary/aromatic N) is 4. The Morgan fingerprint density at radius 2 is 1.59 bits per heavy atom. The third kappa shape index (κ3) is 4.79. The number of ether oxygens (including phenoxy) is 2. The Labute approximate surface area is 190 Å². The van der Waals surface area contributed by atoms with E-state index in [1.54, 1.807) is 14.2 Å². The molecule has 2 aromatic carbocycles. The summed E-state index contributed by atoms with van der Waals surface area (Å²) in [7, 11) is 3.35. The van der Waals surface area contributed by atoms with Crippen LogP contribution in [-0.4, -0.2) is 60.4 Å². The molecule has 4 rings (SSSR count). The van der Waals surface area contributed by atoms with Crippen LogP contribution in [0.25, 0.3) is 11.5 Å². The molecule has 0 bridgehead atoms. The van der Waals surface area contributed by atoms with Gasteiger partial charge in [0.2, 0.25) is 11.8 Å². The number of hydrogen-bond acceptors (Lipinski definition) is 7. The summed E-state index contributed by atoms with van der Waals surface area (Å²) < 4.78 is 16.9. The van der Waals surface area contributed by atoms with Crippen molar-refractivity contribution in [3.05, 3.63) is 59.0 Å². The van der Waals surface area contributed by atoms with Gasteiger partial charge in [0.25, 0.3) is 0 Å². The number of methoxy groups -OCH3 is 2. The number of aromatic nitrogens is 2. The highest BCUT2D eigenvalue weighted by Gasteiger charge is 2.26. The lowest BCUT2D eigenvalue weighted by Crippen LogP contribution is -2.46. The Morgan fingerprint density at radius 3 is 2.25 bits per heavy atom. The number of benzene rings is 2. The van der Waals surface area contributed by atoms with Crippen molar-refractivity contribution >= 4 is 0 Å². The van der Waals surface area contributed by atoms with E-state index in [0.717, 1.165) is 49.8 Å². The SMILES string of the molecule is COc1cc(C)c(CN2CCN([C@H](C)c3nnc(-c4ccc(C)cc4)o3)CC2)cc1OC. The van der Waals surface area contributed by atoms with Gasteiger partial charge < -0.3 is 13.9 Å². The molecule has 0 unspecified atom stereocenters. The first kappa shape index (κ1) is 22.3. The molecule has 0 spiro atoms. The monoisotopic (exact) mass is 436 g/mol. The van der Waals surface area contributed by atoms with Crippen molar-refractivity contribution in [1.82, 2.24) is 20.0 Å². The van der Waals surface area contributed by atoms with Crippen LogP contribution in [0.5, 0.6) is 11.5 Å². The third-order valence-corrected chi connectivity index (χ3v) is 6.29. The summed E-state index contributed by atoms with van der Waals surface area (Å²) >= 11 is 0. The number of hydrogen-bond donors (Lipinski definition) is 0. The van der Waals surface area contributed by atoms with Crippen LogP contribution >= 0.6 is 0 Å². The van der Waals surface area contributed by atoms with E-state index in [9.17, 15) is 0 Å². The topological polar surface area (TPSA) is 63.9 Å². The Bertz CT molecular complexity index is 1040. The summed E-state index contributed by atoms with van der Waals surface area (Å²) in [5.74, 6) is 2.80. The Morgan fingerprint density at radius 1 is 0.938 bits per heavy atom. The fourth-order valence-electron chi connectivity index (χ4n) is 4.12. The van der Waals surface area contributed by atoms with E-state index >= 15 is 0 Å². The van der Waals surface area contributed by atoms with Crippen molar-refractivity contribution in [3.63, 3.8) is 0 Å². The average molecular weight is 437 g/mol. The van der Waals surface area contributed by atoms with Gasteiger partial charge in [0, 0.05) is 38.3 Å². The van der Waals surface area contributed by atoms with Crippen LogP contribution < -0.4 is 9.47 Å². The van der Waals surface area contributed by atoms with Crippen LogP contribution in [0.15, 0.2) is 40.8 Å². The molecule has 1 saturated heterocycles. The van der Waals surface area contributed by atoms with Crippen LogP contribution in [0.2, 0.25) is 0 Å². The summed E-state index contributed by atoms with van der Waals surface area (Å²) in [5.41, 5.74) is 4.65. The zero-order valence-electron chi connectivity index (χ0n) is 19.6. The lowest BCUT2D eigenvalue weighted by atomic mass is 10.1. The summed E-state index contributed by atoms with van der Waals surface area (Å²) in [6.07, 6.45) is 0. The van der Waals surface area contributed by atoms with E-state index in [1.165, 1.54) is 16.7 Å². The van der Waals surface area contributed by atoms with E-state index in [-0.39, 0.29) is 6.04 Å². The van der Waals surface area contributed by atoms with Gasteiger partial charge in [-0.15, -0.1) is 10.2 Å². The van der Waals surface area contributed by atoms with Crippen molar-refractivity contribution in [3.8, 4) is 23.0 Å². The molecule has 1 aliphatic heterocycles. The molecule has 0 radical (unpaired) electrons. The van der Waals surface area contributed by atoms with Gasteiger partial charge in [0.1, 0.15) is 0 Å². The van der Waals surface area contributed by atoms with E-state index in [2.05, 4.69) is 59.0 Å². The Kier molecular flexibility index (Phi) is 6.77. The first-order chi connectivity index (χ1) is 15.5. The molecular weight excluding hydrogens is 404 g/mol.